The maximum Gasteiger partial charge on any atom is 0.328 e. The van der Waals surface area contributed by atoms with E-state index in [1.165, 1.54) is 14.0 Å². The number of ether oxygens (including phenoxy) is 1. The maximum absolute atomic E-state index is 12.3. The smallest absolute Gasteiger partial charge is 0.328 e. The standard InChI is InChI=1S/C14H12INO4S/c1-8(13(18)20-2)16-12(17)11(21-14(16)19)7-9-3-5-10(15)6-4-9/h3-8H,1-2H3/b11-7-/t8-/m1/s1. The number of rotatable bonds is 3. The van der Waals surface area contributed by atoms with Crippen LogP contribution in [-0.2, 0) is 14.3 Å². The molecular formula is C14H12INO4S. The van der Waals surface area contributed by atoms with Crippen molar-refractivity contribution in [3.8, 4) is 0 Å². The molecule has 1 atom stereocenters. The first-order chi connectivity index (χ1) is 9.93. The van der Waals surface area contributed by atoms with Crippen LogP contribution in [-0.4, -0.2) is 35.2 Å². The highest BCUT2D eigenvalue weighted by Crippen LogP contribution is 2.33. The van der Waals surface area contributed by atoms with E-state index in [1.54, 1.807) is 6.08 Å². The molecule has 0 bridgehead atoms. The zero-order valence-corrected chi connectivity index (χ0v) is 14.3. The molecule has 5 nitrogen and oxygen atoms in total. The lowest BCUT2D eigenvalue weighted by Gasteiger charge is -2.18. The monoisotopic (exact) mass is 417 g/mol. The van der Waals surface area contributed by atoms with Gasteiger partial charge in [0.2, 0.25) is 0 Å². The van der Waals surface area contributed by atoms with E-state index in [4.69, 9.17) is 0 Å². The van der Waals surface area contributed by atoms with Crippen molar-refractivity contribution in [3.63, 3.8) is 0 Å². The van der Waals surface area contributed by atoms with Crippen LogP contribution in [0.2, 0.25) is 0 Å². The van der Waals surface area contributed by atoms with Crippen molar-refractivity contribution in [1.29, 1.82) is 0 Å². The number of amides is 2. The molecular weight excluding hydrogens is 405 g/mol. The maximum atomic E-state index is 12.3. The SMILES string of the molecule is COC(=O)[C@@H](C)N1C(=O)S/C(=C\c2ccc(I)cc2)C1=O. The van der Waals surface area contributed by atoms with Crippen LogP contribution in [0.5, 0.6) is 0 Å². The molecule has 1 heterocycles. The summed E-state index contributed by atoms with van der Waals surface area (Å²) in [6.45, 7) is 1.47. The van der Waals surface area contributed by atoms with Crippen LogP contribution in [0.25, 0.3) is 6.08 Å². The Morgan fingerprint density at radius 1 is 1.33 bits per heavy atom. The second-order valence-corrected chi connectivity index (χ2v) is 6.54. The van der Waals surface area contributed by atoms with Crippen LogP contribution in [0, 0.1) is 3.57 Å². The van der Waals surface area contributed by atoms with Crippen LogP contribution in [0.4, 0.5) is 4.79 Å². The minimum Gasteiger partial charge on any atom is -0.467 e. The number of methoxy groups -OCH3 is 1. The molecule has 1 fully saturated rings. The van der Waals surface area contributed by atoms with Gasteiger partial charge in [0.15, 0.2) is 0 Å². The number of esters is 1. The second kappa shape index (κ2) is 6.61. The number of hydrogen-bond acceptors (Lipinski definition) is 5. The van der Waals surface area contributed by atoms with Gasteiger partial charge in [-0.3, -0.25) is 14.5 Å². The molecule has 2 rings (SSSR count). The van der Waals surface area contributed by atoms with Crippen LogP contribution >= 0.6 is 34.4 Å². The van der Waals surface area contributed by atoms with Crippen molar-refractivity contribution >= 4 is 57.5 Å². The van der Waals surface area contributed by atoms with Gasteiger partial charge >= 0.3 is 5.97 Å². The van der Waals surface area contributed by atoms with Crippen LogP contribution < -0.4 is 0 Å². The number of halogens is 1. The van der Waals surface area contributed by atoms with E-state index in [1.807, 2.05) is 24.3 Å². The van der Waals surface area contributed by atoms with Crippen LogP contribution in [0.15, 0.2) is 29.2 Å². The summed E-state index contributed by atoms with van der Waals surface area (Å²) in [7, 11) is 1.22. The molecule has 0 spiro atoms. The van der Waals surface area contributed by atoms with Crippen molar-refractivity contribution in [1.82, 2.24) is 4.90 Å². The van der Waals surface area contributed by atoms with Gasteiger partial charge in [0.05, 0.1) is 12.0 Å². The fraction of sp³-hybridized carbons (Fsp3) is 0.214. The Labute approximate surface area is 139 Å². The molecule has 0 aromatic heterocycles. The van der Waals surface area contributed by atoms with Crippen molar-refractivity contribution in [2.24, 2.45) is 0 Å². The van der Waals surface area contributed by atoms with Gasteiger partial charge in [-0.25, -0.2) is 4.79 Å². The first kappa shape index (κ1) is 16.0. The third kappa shape index (κ3) is 3.46. The Morgan fingerprint density at radius 3 is 2.52 bits per heavy atom. The molecule has 1 aromatic rings. The number of benzene rings is 1. The molecule has 7 heteroatoms. The average Bonchev–Trinajstić information content (AvgIpc) is 2.74. The second-order valence-electron chi connectivity index (χ2n) is 4.30. The third-order valence-electron chi connectivity index (χ3n) is 2.92. The normalized spacial score (nSPS) is 18.2. The highest BCUT2D eigenvalue weighted by Gasteiger charge is 2.41. The molecule has 21 heavy (non-hydrogen) atoms. The Morgan fingerprint density at radius 2 is 1.95 bits per heavy atom. The lowest BCUT2D eigenvalue weighted by molar-refractivity contribution is -0.148. The molecule has 2 amide bonds. The zero-order valence-electron chi connectivity index (χ0n) is 11.3. The van der Waals surface area contributed by atoms with Gasteiger partial charge in [-0.2, -0.15) is 0 Å². The van der Waals surface area contributed by atoms with Gasteiger partial charge in [0.25, 0.3) is 11.1 Å². The van der Waals surface area contributed by atoms with E-state index in [9.17, 15) is 14.4 Å². The minimum absolute atomic E-state index is 0.303. The lowest BCUT2D eigenvalue weighted by Crippen LogP contribution is -2.42. The van der Waals surface area contributed by atoms with E-state index >= 15 is 0 Å². The highest BCUT2D eigenvalue weighted by atomic mass is 127. The van der Waals surface area contributed by atoms with E-state index in [-0.39, 0.29) is 0 Å². The van der Waals surface area contributed by atoms with Crippen molar-refractivity contribution in [2.45, 2.75) is 13.0 Å². The summed E-state index contributed by atoms with van der Waals surface area (Å²) in [6.07, 6.45) is 1.64. The number of imide groups is 1. The predicted octanol–water partition coefficient (Wildman–Crippen LogP) is 2.89. The predicted molar refractivity (Wildman–Crippen MR) is 88.4 cm³/mol. The minimum atomic E-state index is -0.926. The van der Waals surface area contributed by atoms with Gasteiger partial charge in [0.1, 0.15) is 6.04 Å². The van der Waals surface area contributed by atoms with Crippen molar-refractivity contribution in [3.05, 3.63) is 38.3 Å². The highest BCUT2D eigenvalue weighted by molar-refractivity contribution is 14.1. The number of thioether (sulfide) groups is 1. The molecule has 0 aliphatic carbocycles. The summed E-state index contributed by atoms with van der Waals surface area (Å²) in [5.41, 5.74) is 0.826. The average molecular weight is 417 g/mol. The number of nitrogens with zero attached hydrogens (tertiary/aromatic N) is 1. The van der Waals surface area contributed by atoms with E-state index in [0.29, 0.717) is 4.91 Å². The number of carbonyl (C=O) groups is 3. The number of carbonyl (C=O) groups excluding carboxylic acids is 3. The quantitative estimate of drug-likeness (QED) is 0.430. The molecule has 1 saturated heterocycles. The third-order valence-corrected chi connectivity index (χ3v) is 4.52. The van der Waals surface area contributed by atoms with E-state index < -0.39 is 23.2 Å². The van der Waals surface area contributed by atoms with Gasteiger partial charge < -0.3 is 4.74 Å². The molecule has 0 N–H and O–H groups in total. The first-order valence-electron chi connectivity index (χ1n) is 6.04. The fourth-order valence-corrected chi connectivity index (χ4v) is 3.07. The van der Waals surface area contributed by atoms with Crippen LogP contribution in [0.3, 0.4) is 0 Å². The summed E-state index contributed by atoms with van der Waals surface area (Å²) in [5.74, 6) is -1.09. The number of hydrogen-bond donors (Lipinski definition) is 0. The summed E-state index contributed by atoms with van der Waals surface area (Å²) in [5, 5.41) is -0.463. The summed E-state index contributed by atoms with van der Waals surface area (Å²) >= 11 is 3.01. The van der Waals surface area contributed by atoms with Crippen molar-refractivity contribution in [2.75, 3.05) is 7.11 Å². The Hall–Kier alpha value is -1.35. The lowest BCUT2D eigenvalue weighted by atomic mass is 10.2. The summed E-state index contributed by atoms with van der Waals surface area (Å²) < 4.78 is 5.65. The largest absolute Gasteiger partial charge is 0.467 e. The fourth-order valence-electron chi connectivity index (χ4n) is 1.80. The van der Waals surface area contributed by atoms with Gasteiger partial charge in [0, 0.05) is 3.57 Å². The zero-order chi connectivity index (χ0) is 15.6. The van der Waals surface area contributed by atoms with Gasteiger partial charge in [-0.05, 0) is 65.0 Å². The summed E-state index contributed by atoms with van der Waals surface area (Å²) in [4.78, 5) is 36.9. The van der Waals surface area contributed by atoms with Crippen LogP contribution in [0.1, 0.15) is 12.5 Å². The molecule has 1 aromatic carbocycles. The Bertz CT molecular complexity index is 626. The van der Waals surface area contributed by atoms with Crippen molar-refractivity contribution < 1.29 is 19.1 Å². The molecule has 110 valence electrons. The molecule has 0 saturated carbocycles. The topological polar surface area (TPSA) is 63.7 Å². The first-order valence-corrected chi connectivity index (χ1v) is 7.94. The Balaban J connectivity index is 2.25. The van der Waals surface area contributed by atoms with Gasteiger partial charge in [-0.1, -0.05) is 12.1 Å². The van der Waals surface area contributed by atoms with Gasteiger partial charge in [-0.15, -0.1) is 0 Å². The Kier molecular flexibility index (Phi) is 5.04. The molecule has 0 unspecified atom stereocenters. The molecule has 0 radical (unpaired) electrons. The summed E-state index contributed by atoms with van der Waals surface area (Å²) in [6, 6.07) is 6.62. The van der Waals surface area contributed by atoms with E-state index in [0.717, 1.165) is 25.8 Å². The van der Waals surface area contributed by atoms with E-state index in [2.05, 4.69) is 27.3 Å². The molecule has 1 aliphatic rings. The molecule has 1 aliphatic heterocycles.